The van der Waals surface area contributed by atoms with Crippen LogP contribution in [-0.4, -0.2) is 7.11 Å². The minimum atomic E-state index is -0.750. The van der Waals surface area contributed by atoms with Gasteiger partial charge in [-0.3, -0.25) is 0 Å². The van der Waals surface area contributed by atoms with Crippen molar-refractivity contribution in [3.8, 4) is 35.3 Å². The first-order valence-electron chi connectivity index (χ1n) is 6.06. The molecule has 90 valence electrons. The molecule has 19 heavy (non-hydrogen) atoms. The Morgan fingerprint density at radius 1 is 0.947 bits per heavy atom. The van der Waals surface area contributed by atoms with Gasteiger partial charge in [0.2, 0.25) is 0 Å². The first-order chi connectivity index (χ1) is 9.33. The number of fused-ring (bicyclic) bond motifs is 3. The van der Waals surface area contributed by atoms with Crippen LogP contribution in [0.25, 0.3) is 11.1 Å². The number of terminal acetylenes is 1. The fraction of sp³-hybridized carbons (Fsp3) is 0.111. The molecule has 0 bridgehead atoms. The van der Waals surface area contributed by atoms with E-state index >= 15 is 0 Å². The highest BCUT2D eigenvalue weighted by atomic mass is 16.5. The molecule has 0 spiro atoms. The van der Waals surface area contributed by atoms with Gasteiger partial charge in [-0.1, -0.05) is 48.5 Å². The summed E-state index contributed by atoms with van der Waals surface area (Å²) in [5.41, 5.74) is 3.68. The number of methoxy groups -OCH3 is 1. The highest BCUT2D eigenvalue weighted by Gasteiger charge is 2.42. The van der Waals surface area contributed by atoms with Crippen LogP contribution in [0.15, 0.2) is 48.5 Å². The van der Waals surface area contributed by atoms with Crippen molar-refractivity contribution < 1.29 is 4.74 Å². The van der Waals surface area contributed by atoms with E-state index in [9.17, 15) is 0 Å². The Balaban J connectivity index is 2.40. The van der Waals surface area contributed by atoms with E-state index in [1.54, 1.807) is 7.11 Å². The van der Waals surface area contributed by atoms with Gasteiger partial charge >= 0.3 is 0 Å². The standard InChI is InChI=1S/C18H12O/c1-3-4-13-18(19-2)16-11-7-5-9-14(16)15-10-6-8-12-17(15)18/h1,5-12H,2H3. The van der Waals surface area contributed by atoms with Gasteiger partial charge in [0.1, 0.15) is 0 Å². The quantitative estimate of drug-likeness (QED) is 0.700. The van der Waals surface area contributed by atoms with Crippen LogP contribution in [0.1, 0.15) is 11.1 Å². The van der Waals surface area contributed by atoms with Crippen molar-refractivity contribution in [1.82, 2.24) is 0 Å². The summed E-state index contributed by atoms with van der Waals surface area (Å²) in [7, 11) is 1.67. The van der Waals surface area contributed by atoms with E-state index in [0.29, 0.717) is 0 Å². The Morgan fingerprint density at radius 2 is 1.47 bits per heavy atom. The average molecular weight is 244 g/mol. The largest absolute Gasteiger partial charge is 0.357 e. The van der Waals surface area contributed by atoms with Gasteiger partial charge in [0.25, 0.3) is 0 Å². The van der Waals surface area contributed by atoms with E-state index in [2.05, 4.69) is 29.9 Å². The lowest BCUT2D eigenvalue weighted by Crippen LogP contribution is -2.25. The summed E-state index contributed by atoms with van der Waals surface area (Å²) in [6.45, 7) is 0. The molecule has 1 aliphatic carbocycles. The number of ether oxygens (including phenoxy) is 1. The van der Waals surface area contributed by atoms with E-state index in [4.69, 9.17) is 11.2 Å². The average Bonchev–Trinajstić information content (AvgIpc) is 2.77. The van der Waals surface area contributed by atoms with Gasteiger partial charge in [0, 0.05) is 18.2 Å². The third kappa shape index (κ3) is 1.50. The molecule has 0 saturated carbocycles. The minimum absolute atomic E-state index is 0.750. The predicted molar refractivity (Wildman–Crippen MR) is 76.3 cm³/mol. The molecule has 0 heterocycles. The van der Waals surface area contributed by atoms with Gasteiger partial charge in [0.05, 0.1) is 0 Å². The summed E-state index contributed by atoms with van der Waals surface area (Å²) in [5.74, 6) is 8.19. The molecule has 0 atom stereocenters. The molecule has 1 heteroatoms. The fourth-order valence-corrected chi connectivity index (χ4v) is 2.72. The summed E-state index contributed by atoms with van der Waals surface area (Å²) in [6.07, 6.45) is 5.28. The zero-order valence-electron chi connectivity index (χ0n) is 10.6. The predicted octanol–water partition coefficient (Wildman–Crippen LogP) is 3.19. The van der Waals surface area contributed by atoms with Crippen LogP contribution in [0.2, 0.25) is 0 Å². The first kappa shape index (κ1) is 11.6. The second-order valence-corrected chi connectivity index (χ2v) is 4.37. The lowest BCUT2D eigenvalue weighted by Gasteiger charge is -2.24. The van der Waals surface area contributed by atoms with Crippen LogP contribution < -0.4 is 0 Å². The van der Waals surface area contributed by atoms with E-state index in [1.807, 2.05) is 36.4 Å². The Kier molecular flexibility index (Phi) is 2.64. The lowest BCUT2D eigenvalue weighted by atomic mass is 9.92. The van der Waals surface area contributed by atoms with Crippen molar-refractivity contribution in [1.29, 1.82) is 0 Å². The molecule has 0 saturated heterocycles. The Hall–Kier alpha value is -2.48. The molecule has 0 fully saturated rings. The summed E-state index contributed by atoms with van der Waals surface area (Å²) < 4.78 is 5.78. The van der Waals surface area contributed by atoms with Crippen LogP contribution in [0, 0.1) is 24.2 Å². The Morgan fingerprint density at radius 3 is 1.95 bits per heavy atom. The van der Waals surface area contributed by atoms with Crippen molar-refractivity contribution >= 4 is 0 Å². The topological polar surface area (TPSA) is 9.23 Å². The maximum absolute atomic E-state index is 5.78. The van der Waals surface area contributed by atoms with Gasteiger partial charge in [-0.25, -0.2) is 0 Å². The molecule has 2 aromatic rings. The molecule has 1 aliphatic rings. The molecule has 0 amide bonds. The minimum Gasteiger partial charge on any atom is -0.357 e. The molecular weight excluding hydrogens is 232 g/mol. The van der Waals surface area contributed by atoms with E-state index in [1.165, 1.54) is 0 Å². The highest BCUT2D eigenvalue weighted by molar-refractivity contribution is 5.82. The molecule has 0 radical (unpaired) electrons. The maximum Gasteiger partial charge on any atom is 0.181 e. The molecule has 0 aromatic heterocycles. The molecule has 0 unspecified atom stereocenters. The van der Waals surface area contributed by atoms with Crippen molar-refractivity contribution in [2.75, 3.05) is 7.11 Å². The van der Waals surface area contributed by atoms with Crippen molar-refractivity contribution in [3.63, 3.8) is 0 Å². The molecule has 1 nitrogen and oxygen atoms in total. The van der Waals surface area contributed by atoms with Crippen LogP contribution in [-0.2, 0) is 10.3 Å². The Labute approximate surface area is 113 Å². The SMILES string of the molecule is C#CC#CC1(OC)c2ccccc2-c2ccccc21. The molecule has 0 N–H and O–H groups in total. The monoisotopic (exact) mass is 244 g/mol. The maximum atomic E-state index is 5.78. The van der Waals surface area contributed by atoms with E-state index < -0.39 is 5.60 Å². The van der Waals surface area contributed by atoms with Gasteiger partial charge in [-0.05, 0) is 28.9 Å². The number of hydrogen-bond acceptors (Lipinski definition) is 1. The normalized spacial score (nSPS) is 13.7. The zero-order valence-corrected chi connectivity index (χ0v) is 10.6. The fourth-order valence-electron chi connectivity index (χ4n) is 2.72. The number of benzene rings is 2. The summed E-state index contributed by atoms with van der Waals surface area (Å²) >= 11 is 0. The van der Waals surface area contributed by atoms with Crippen molar-refractivity contribution in [2.45, 2.75) is 5.60 Å². The van der Waals surface area contributed by atoms with E-state index in [0.717, 1.165) is 22.3 Å². The molecule has 0 aliphatic heterocycles. The van der Waals surface area contributed by atoms with Crippen molar-refractivity contribution in [3.05, 3.63) is 59.7 Å². The summed E-state index contributed by atoms with van der Waals surface area (Å²) in [4.78, 5) is 0. The lowest BCUT2D eigenvalue weighted by molar-refractivity contribution is 0.0782. The first-order valence-corrected chi connectivity index (χ1v) is 6.06. The highest BCUT2D eigenvalue weighted by Crippen LogP contribution is 2.48. The van der Waals surface area contributed by atoms with Crippen molar-refractivity contribution in [2.24, 2.45) is 0 Å². The van der Waals surface area contributed by atoms with Gasteiger partial charge in [0.15, 0.2) is 5.60 Å². The summed E-state index contributed by atoms with van der Waals surface area (Å²) in [5, 5.41) is 0. The zero-order chi connectivity index (χ0) is 13.3. The van der Waals surface area contributed by atoms with Gasteiger partial charge < -0.3 is 4.74 Å². The molecule has 3 rings (SSSR count). The second-order valence-electron chi connectivity index (χ2n) is 4.37. The number of rotatable bonds is 1. The van der Waals surface area contributed by atoms with Crippen LogP contribution in [0.3, 0.4) is 0 Å². The smallest absolute Gasteiger partial charge is 0.181 e. The molecule has 2 aromatic carbocycles. The van der Waals surface area contributed by atoms with Crippen LogP contribution in [0.5, 0.6) is 0 Å². The second kappa shape index (κ2) is 4.32. The third-order valence-corrected chi connectivity index (χ3v) is 3.52. The summed E-state index contributed by atoms with van der Waals surface area (Å²) in [6, 6.07) is 16.3. The van der Waals surface area contributed by atoms with Crippen LogP contribution >= 0.6 is 0 Å². The number of hydrogen-bond donors (Lipinski definition) is 0. The van der Waals surface area contributed by atoms with Crippen LogP contribution in [0.4, 0.5) is 0 Å². The van der Waals surface area contributed by atoms with Gasteiger partial charge in [-0.2, -0.15) is 0 Å². The molecular formula is C18H12O. The third-order valence-electron chi connectivity index (χ3n) is 3.52. The van der Waals surface area contributed by atoms with E-state index in [-0.39, 0.29) is 0 Å². The Bertz CT molecular complexity index is 693. The van der Waals surface area contributed by atoms with Gasteiger partial charge in [-0.15, -0.1) is 6.42 Å².